The van der Waals surface area contributed by atoms with E-state index in [1.54, 1.807) is 0 Å². The number of hydrogen-bond donors (Lipinski definition) is 0. The van der Waals surface area contributed by atoms with Crippen molar-refractivity contribution in [3.63, 3.8) is 0 Å². The zero-order chi connectivity index (χ0) is 16.3. The fraction of sp³-hybridized carbons (Fsp3) is 0.429. The summed E-state index contributed by atoms with van der Waals surface area (Å²) in [7, 11) is 0. The Kier molecular flexibility index (Phi) is 5.26. The molecule has 0 aliphatic carbocycles. The molecule has 0 unspecified atom stereocenters. The third-order valence-electron chi connectivity index (χ3n) is 4.76. The maximum atomic E-state index is 2.75. The Labute approximate surface area is 147 Å². The van der Waals surface area contributed by atoms with Crippen molar-refractivity contribution >= 4 is 19.4 Å². The van der Waals surface area contributed by atoms with Crippen LogP contribution in [0.5, 0.6) is 0 Å². The first-order chi connectivity index (χ1) is 11.0. The van der Waals surface area contributed by atoms with Crippen LogP contribution in [-0.2, 0) is 6.54 Å². The molecule has 122 valence electrons. The summed E-state index contributed by atoms with van der Waals surface area (Å²) < 4.78 is 1.53. The van der Waals surface area contributed by atoms with Crippen LogP contribution in [0, 0.1) is 5.41 Å². The van der Waals surface area contributed by atoms with E-state index >= 15 is 0 Å². The maximum absolute atomic E-state index is 2.75. The molecule has 0 spiro atoms. The van der Waals surface area contributed by atoms with Gasteiger partial charge in [0.15, 0.2) is 0 Å². The van der Waals surface area contributed by atoms with Crippen LogP contribution in [-0.4, -0.2) is 31.9 Å². The number of rotatable bonds is 5. The van der Waals surface area contributed by atoms with Gasteiger partial charge in [-0.25, -0.2) is 0 Å². The summed E-state index contributed by atoms with van der Waals surface area (Å²) in [6, 6.07) is 23.4. The van der Waals surface area contributed by atoms with Gasteiger partial charge in [-0.3, -0.25) is 0 Å². The van der Waals surface area contributed by atoms with Gasteiger partial charge in [0.2, 0.25) is 0 Å². The number of likely N-dealkylation sites (tertiary alicyclic amines) is 1. The molecular weight excluding hydrogens is 345 g/mol. The molecule has 1 heterocycles. The van der Waals surface area contributed by atoms with Crippen molar-refractivity contribution in [3.8, 4) is 0 Å². The van der Waals surface area contributed by atoms with Gasteiger partial charge in [-0.2, -0.15) is 0 Å². The second-order valence-electron chi connectivity index (χ2n) is 7.55. The minimum absolute atomic E-state index is 0.366. The molecular formula is C21H27NSe. The number of hydrogen-bond acceptors (Lipinski definition) is 1. The monoisotopic (exact) mass is 373 g/mol. The van der Waals surface area contributed by atoms with Crippen molar-refractivity contribution in [1.82, 2.24) is 4.90 Å². The average Bonchev–Trinajstić information content (AvgIpc) is 2.52. The topological polar surface area (TPSA) is 3.24 Å². The van der Waals surface area contributed by atoms with Gasteiger partial charge in [0.25, 0.3) is 0 Å². The predicted molar refractivity (Wildman–Crippen MR) is 100 cm³/mol. The van der Waals surface area contributed by atoms with Gasteiger partial charge in [-0.15, -0.1) is 0 Å². The Morgan fingerprint density at radius 1 is 0.957 bits per heavy atom. The zero-order valence-corrected chi connectivity index (χ0v) is 16.1. The van der Waals surface area contributed by atoms with E-state index in [2.05, 4.69) is 86.3 Å². The Morgan fingerprint density at radius 3 is 2.17 bits per heavy atom. The molecule has 1 nitrogen and oxygen atoms in total. The van der Waals surface area contributed by atoms with E-state index in [0.29, 0.717) is 26.4 Å². The van der Waals surface area contributed by atoms with Crippen molar-refractivity contribution in [2.75, 3.05) is 0 Å². The van der Waals surface area contributed by atoms with Gasteiger partial charge in [0, 0.05) is 0 Å². The minimum atomic E-state index is 0.366. The fourth-order valence-corrected chi connectivity index (χ4v) is 5.63. The first kappa shape index (κ1) is 16.8. The fourth-order valence-electron chi connectivity index (χ4n) is 3.40. The summed E-state index contributed by atoms with van der Waals surface area (Å²) in [5.41, 5.74) is 1.81. The SMILES string of the molecule is CC(C)(C)[C@@H]1C[C@@H](C[Se]c2ccccc2)N1Cc1ccccc1. The van der Waals surface area contributed by atoms with Crippen LogP contribution in [0.1, 0.15) is 32.8 Å². The average molecular weight is 372 g/mol. The molecule has 0 N–H and O–H groups in total. The molecule has 3 rings (SSSR count). The molecule has 2 atom stereocenters. The van der Waals surface area contributed by atoms with E-state index in [-0.39, 0.29) is 0 Å². The molecule has 2 heteroatoms. The van der Waals surface area contributed by atoms with Crippen LogP contribution < -0.4 is 4.46 Å². The quantitative estimate of drug-likeness (QED) is 0.714. The summed E-state index contributed by atoms with van der Waals surface area (Å²) in [5, 5.41) is 1.33. The van der Waals surface area contributed by atoms with Gasteiger partial charge >= 0.3 is 147 Å². The molecule has 1 fully saturated rings. The molecule has 23 heavy (non-hydrogen) atoms. The van der Waals surface area contributed by atoms with Crippen LogP contribution in [0.25, 0.3) is 0 Å². The normalized spacial score (nSPS) is 21.9. The Hall–Kier alpha value is -1.08. The van der Waals surface area contributed by atoms with E-state index in [4.69, 9.17) is 0 Å². The molecule has 2 aromatic carbocycles. The van der Waals surface area contributed by atoms with Crippen LogP contribution in [0.15, 0.2) is 60.7 Å². The summed E-state index contributed by atoms with van der Waals surface area (Å²) in [4.78, 5) is 2.75. The van der Waals surface area contributed by atoms with E-state index in [1.807, 2.05) is 0 Å². The van der Waals surface area contributed by atoms with Crippen LogP contribution >= 0.6 is 0 Å². The van der Waals surface area contributed by atoms with Crippen molar-refractivity contribution in [1.29, 1.82) is 0 Å². The van der Waals surface area contributed by atoms with E-state index in [0.717, 1.165) is 12.6 Å². The Morgan fingerprint density at radius 2 is 1.57 bits per heavy atom. The van der Waals surface area contributed by atoms with Crippen LogP contribution in [0.3, 0.4) is 0 Å². The van der Waals surface area contributed by atoms with E-state index in [9.17, 15) is 0 Å². The summed E-state index contributed by atoms with van der Waals surface area (Å²) >= 11 is 0.587. The Balaban J connectivity index is 1.65. The predicted octanol–water partition coefficient (Wildman–Crippen LogP) is 4.12. The van der Waals surface area contributed by atoms with Gasteiger partial charge in [0.05, 0.1) is 0 Å². The van der Waals surface area contributed by atoms with Gasteiger partial charge in [0.1, 0.15) is 0 Å². The third-order valence-corrected chi connectivity index (χ3v) is 7.19. The molecule has 0 saturated carbocycles. The second kappa shape index (κ2) is 7.21. The van der Waals surface area contributed by atoms with E-state index in [1.165, 1.54) is 21.8 Å². The molecule has 1 saturated heterocycles. The number of nitrogens with zero attached hydrogens (tertiary/aromatic N) is 1. The Bertz CT molecular complexity index is 603. The summed E-state index contributed by atoms with van der Waals surface area (Å²) in [5.74, 6) is 0. The van der Waals surface area contributed by atoms with Crippen molar-refractivity contribution < 1.29 is 0 Å². The first-order valence-corrected chi connectivity index (χ1v) is 10.6. The molecule has 1 aliphatic rings. The van der Waals surface area contributed by atoms with Crippen LogP contribution in [0.2, 0.25) is 5.32 Å². The first-order valence-electron chi connectivity index (χ1n) is 8.51. The standard InChI is InChI=1S/C21H27NSe/c1-21(2,3)20-14-18(16-23-19-12-8-5-9-13-19)22(20)15-17-10-6-4-7-11-17/h4-13,18,20H,14-16H2,1-3H3/t18-,20-/m0/s1. The van der Waals surface area contributed by atoms with Crippen molar-refractivity contribution in [3.05, 3.63) is 66.2 Å². The van der Waals surface area contributed by atoms with Crippen molar-refractivity contribution in [2.24, 2.45) is 5.41 Å². The van der Waals surface area contributed by atoms with E-state index < -0.39 is 0 Å². The zero-order valence-electron chi connectivity index (χ0n) is 14.4. The molecule has 1 aliphatic heterocycles. The van der Waals surface area contributed by atoms with Crippen LogP contribution in [0.4, 0.5) is 0 Å². The molecule has 0 aromatic heterocycles. The van der Waals surface area contributed by atoms with Crippen molar-refractivity contribution in [2.45, 2.75) is 51.1 Å². The third kappa shape index (κ3) is 4.26. The number of benzene rings is 2. The summed E-state index contributed by atoms with van der Waals surface area (Å²) in [6.45, 7) is 8.25. The summed E-state index contributed by atoms with van der Waals surface area (Å²) in [6.07, 6.45) is 1.35. The van der Waals surface area contributed by atoms with Gasteiger partial charge in [-0.1, -0.05) is 0 Å². The molecule has 0 bridgehead atoms. The second-order valence-corrected chi connectivity index (χ2v) is 9.85. The van der Waals surface area contributed by atoms with Gasteiger partial charge < -0.3 is 0 Å². The molecule has 0 radical (unpaired) electrons. The van der Waals surface area contributed by atoms with Gasteiger partial charge in [-0.05, 0) is 0 Å². The molecule has 0 amide bonds. The molecule has 2 aromatic rings.